The number of hydrogen-bond donors (Lipinski definition) is 0. The van der Waals surface area contributed by atoms with Crippen LogP contribution in [-0.4, -0.2) is 21.2 Å². The van der Waals surface area contributed by atoms with Gasteiger partial charge in [-0.1, -0.05) is 30.3 Å². The molecule has 3 heteroatoms. The maximum Gasteiger partial charge on any atom is 0.123 e. The molecule has 2 rings (SSSR count). The minimum Gasteiger partial charge on any atom is -0.496 e. The molecule has 0 amide bonds. The zero-order chi connectivity index (χ0) is 15.2. The second kappa shape index (κ2) is 6.81. The minimum atomic E-state index is -0.210. The predicted octanol–water partition coefficient (Wildman–Crippen LogP) is 3.61. The molecule has 2 aromatic carbocycles. The number of methoxy groups -OCH3 is 1. The fraction of sp³-hybridized carbons (Fsp3) is 0.278. The number of ether oxygens (including phenoxy) is 1. The molecule has 3 nitrogen and oxygen atoms in total. The number of anilines is 1. The van der Waals surface area contributed by atoms with Crippen LogP contribution >= 0.6 is 0 Å². The molecule has 0 bridgehead atoms. The van der Waals surface area contributed by atoms with Gasteiger partial charge in [-0.15, -0.1) is 0 Å². The van der Waals surface area contributed by atoms with Crippen molar-refractivity contribution in [2.24, 2.45) is 0 Å². The quantitative estimate of drug-likeness (QED) is 0.839. The Hall–Kier alpha value is -2.47. The van der Waals surface area contributed by atoms with E-state index in [1.165, 1.54) is 0 Å². The normalized spacial score (nSPS) is 11.5. The number of hydrogen-bond acceptors (Lipinski definition) is 3. The van der Waals surface area contributed by atoms with Crippen LogP contribution in [0.2, 0.25) is 0 Å². The van der Waals surface area contributed by atoms with Crippen molar-refractivity contribution >= 4 is 5.69 Å². The lowest BCUT2D eigenvalue weighted by Gasteiger charge is -2.16. The van der Waals surface area contributed by atoms with E-state index < -0.39 is 0 Å². The monoisotopic (exact) mass is 280 g/mol. The fourth-order valence-electron chi connectivity index (χ4n) is 2.38. The van der Waals surface area contributed by atoms with E-state index in [0.29, 0.717) is 6.42 Å². The van der Waals surface area contributed by atoms with Crippen molar-refractivity contribution in [2.45, 2.75) is 12.3 Å². The number of benzene rings is 2. The molecular weight excluding hydrogens is 260 g/mol. The molecule has 1 unspecified atom stereocenters. The average Bonchev–Trinajstić information content (AvgIpc) is 2.52. The summed E-state index contributed by atoms with van der Waals surface area (Å²) in [5.74, 6) is 0.561. The Bertz CT molecular complexity index is 644. The second-order valence-electron chi connectivity index (χ2n) is 5.19. The molecule has 1 atom stereocenters. The van der Waals surface area contributed by atoms with Gasteiger partial charge in [-0.25, -0.2) is 0 Å². The molecule has 0 spiro atoms. The summed E-state index contributed by atoms with van der Waals surface area (Å²) in [4.78, 5) is 2.06. The molecule has 0 saturated heterocycles. The summed E-state index contributed by atoms with van der Waals surface area (Å²) in [6.07, 6.45) is 0.679. The van der Waals surface area contributed by atoms with Gasteiger partial charge >= 0.3 is 0 Å². The van der Waals surface area contributed by atoms with Crippen LogP contribution in [-0.2, 0) is 6.42 Å². The standard InChI is InChI=1S/C18H20N2O/c1-20(2)16-8-6-7-14(12-16)11-15(13-19)17-9-4-5-10-18(17)21-3/h4-10,12,15H,11H2,1-3H3. The number of nitriles is 1. The molecule has 108 valence electrons. The SMILES string of the molecule is COc1ccccc1C(C#N)Cc1cccc(N(C)C)c1. The summed E-state index contributed by atoms with van der Waals surface area (Å²) < 4.78 is 5.37. The van der Waals surface area contributed by atoms with Gasteiger partial charge in [0.15, 0.2) is 0 Å². The van der Waals surface area contributed by atoms with Crippen molar-refractivity contribution < 1.29 is 4.74 Å². The van der Waals surface area contributed by atoms with Crippen LogP contribution in [0, 0.1) is 11.3 Å². The van der Waals surface area contributed by atoms with Gasteiger partial charge in [-0.3, -0.25) is 0 Å². The molecule has 2 aromatic rings. The number of para-hydroxylation sites is 1. The van der Waals surface area contributed by atoms with Crippen molar-refractivity contribution in [2.75, 3.05) is 26.1 Å². The summed E-state index contributed by atoms with van der Waals surface area (Å²) in [5.41, 5.74) is 3.24. The summed E-state index contributed by atoms with van der Waals surface area (Å²) in [6, 6.07) is 18.4. The molecule has 0 heterocycles. The van der Waals surface area contributed by atoms with E-state index in [9.17, 15) is 5.26 Å². The van der Waals surface area contributed by atoms with Gasteiger partial charge in [0.2, 0.25) is 0 Å². The van der Waals surface area contributed by atoms with E-state index in [0.717, 1.165) is 22.6 Å². The Morgan fingerprint density at radius 3 is 2.57 bits per heavy atom. The van der Waals surface area contributed by atoms with Crippen LogP contribution in [0.15, 0.2) is 48.5 Å². The van der Waals surface area contributed by atoms with Crippen molar-refractivity contribution in [1.29, 1.82) is 5.26 Å². The van der Waals surface area contributed by atoms with Crippen LogP contribution in [0.5, 0.6) is 5.75 Å². The van der Waals surface area contributed by atoms with Crippen molar-refractivity contribution in [3.8, 4) is 11.8 Å². The lowest BCUT2D eigenvalue weighted by Crippen LogP contribution is -2.09. The molecule has 21 heavy (non-hydrogen) atoms. The first-order valence-corrected chi connectivity index (χ1v) is 6.94. The van der Waals surface area contributed by atoms with Crippen LogP contribution in [0.25, 0.3) is 0 Å². The molecule has 0 aliphatic rings. The molecular formula is C18H20N2O. The third-order valence-corrected chi connectivity index (χ3v) is 3.54. The highest BCUT2D eigenvalue weighted by molar-refractivity contribution is 5.48. The molecule has 0 fully saturated rings. The van der Waals surface area contributed by atoms with E-state index in [4.69, 9.17) is 4.74 Å². The second-order valence-corrected chi connectivity index (χ2v) is 5.19. The molecule has 0 radical (unpaired) electrons. The third kappa shape index (κ3) is 3.55. The average molecular weight is 280 g/mol. The van der Waals surface area contributed by atoms with E-state index >= 15 is 0 Å². The molecule has 0 saturated carbocycles. The van der Waals surface area contributed by atoms with E-state index in [-0.39, 0.29) is 5.92 Å². The Balaban J connectivity index is 2.28. The first kappa shape index (κ1) is 14.9. The van der Waals surface area contributed by atoms with E-state index in [2.05, 4.69) is 29.2 Å². The van der Waals surface area contributed by atoms with Crippen LogP contribution < -0.4 is 9.64 Å². The zero-order valence-corrected chi connectivity index (χ0v) is 12.7. The van der Waals surface area contributed by atoms with E-state index in [1.54, 1.807) is 7.11 Å². The largest absolute Gasteiger partial charge is 0.496 e. The van der Waals surface area contributed by atoms with Gasteiger partial charge in [0.1, 0.15) is 5.75 Å². The summed E-state index contributed by atoms with van der Waals surface area (Å²) in [6.45, 7) is 0. The lowest BCUT2D eigenvalue weighted by atomic mass is 9.92. The van der Waals surface area contributed by atoms with Crippen molar-refractivity contribution in [3.63, 3.8) is 0 Å². The van der Waals surface area contributed by atoms with Crippen LogP contribution in [0.3, 0.4) is 0 Å². The minimum absolute atomic E-state index is 0.210. The van der Waals surface area contributed by atoms with Gasteiger partial charge < -0.3 is 9.64 Å². The Morgan fingerprint density at radius 1 is 1.14 bits per heavy atom. The predicted molar refractivity (Wildman–Crippen MR) is 85.8 cm³/mol. The lowest BCUT2D eigenvalue weighted by molar-refractivity contribution is 0.408. The zero-order valence-electron chi connectivity index (χ0n) is 12.7. The van der Waals surface area contributed by atoms with Crippen molar-refractivity contribution in [3.05, 3.63) is 59.7 Å². The highest BCUT2D eigenvalue weighted by Crippen LogP contribution is 2.29. The van der Waals surface area contributed by atoms with Crippen LogP contribution in [0.1, 0.15) is 17.0 Å². The first-order valence-electron chi connectivity index (χ1n) is 6.94. The first-order chi connectivity index (χ1) is 10.2. The van der Waals surface area contributed by atoms with Gasteiger partial charge in [0, 0.05) is 25.3 Å². The number of rotatable bonds is 5. The molecule has 0 aromatic heterocycles. The smallest absolute Gasteiger partial charge is 0.123 e. The Kier molecular flexibility index (Phi) is 4.84. The van der Waals surface area contributed by atoms with Gasteiger partial charge in [-0.2, -0.15) is 5.26 Å². The van der Waals surface area contributed by atoms with Crippen molar-refractivity contribution in [1.82, 2.24) is 0 Å². The number of nitrogens with zero attached hydrogens (tertiary/aromatic N) is 2. The van der Waals surface area contributed by atoms with Gasteiger partial charge in [0.25, 0.3) is 0 Å². The van der Waals surface area contributed by atoms with Crippen LogP contribution in [0.4, 0.5) is 5.69 Å². The summed E-state index contributed by atoms with van der Waals surface area (Å²) in [5, 5.41) is 9.52. The van der Waals surface area contributed by atoms with Gasteiger partial charge in [-0.05, 0) is 30.2 Å². The third-order valence-electron chi connectivity index (χ3n) is 3.54. The Labute approximate surface area is 126 Å². The highest BCUT2D eigenvalue weighted by atomic mass is 16.5. The summed E-state index contributed by atoms with van der Waals surface area (Å²) >= 11 is 0. The fourth-order valence-corrected chi connectivity index (χ4v) is 2.38. The topological polar surface area (TPSA) is 36.3 Å². The van der Waals surface area contributed by atoms with Gasteiger partial charge in [0.05, 0.1) is 19.1 Å². The van der Waals surface area contributed by atoms with E-state index in [1.807, 2.05) is 44.4 Å². The molecule has 0 aliphatic heterocycles. The Morgan fingerprint density at radius 2 is 1.90 bits per heavy atom. The highest BCUT2D eigenvalue weighted by Gasteiger charge is 2.16. The summed E-state index contributed by atoms with van der Waals surface area (Å²) in [7, 11) is 5.67. The molecule has 0 aliphatic carbocycles. The molecule has 0 N–H and O–H groups in total. The maximum absolute atomic E-state index is 9.52. The maximum atomic E-state index is 9.52.